The van der Waals surface area contributed by atoms with E-state index >= 15 is 0 Å². The number of rotatable bonds is 8. The summed E-state index contributed by atoms with van der Waals surface area (Å²) in [7, 11) is 1.70. The van der Waals surface area contributed by atoms with Crippen LogP contribution >= 0.6 is 23.8 Å². The predicted molar refractivity (Wildman–Crippen MR) is 118 cm³/mol. The molecule has 1 aromatic carbocycles. The third-order valence-corrected chi connectivity index (χ3v) is 6.66. The summed E-state index contributed by atoms with van der Waals surface area (Å²) in [5, 5.41) is 3.84. The summed E-state index contributed by atoms with van der Waals surface area (Å²) in [6, 6.07) is 5.89. The van der Waals surface area contributed by atoms with E-state index in [0.29, 0.717) is 30.8 Å². The molecule has 1 aliphatic carbocycles. The molecule has 6 nitrogen and oxygen atoms in total. The molecule has 1 amide bonds. The van der Waals surface area contributed by atoms with Crippen molar-refractivity contribution in [3.63, 3.8) is 0 Å². The molecule has 0 spiro atoms. The monoisotopic (exact) mass is 436 g/mol. The molecule has 0 radical (unpaired) electrons. The van der Waals surface area contributed by atoms with Gasteiger partial charge in [-0.2, -0.15) is 0 Å². The quantitative estimate of drug-likeness (QED) is 0.641. The summed E-state index contributed by atoms with van der Waals surface area (Å²) in [5.41, 5.74) is 2.09. The lowest BCUT2D eigenvalue weighted by atomic mass is 9.97. The van der Waals surface area contributed by atoms with Gasteiger partial charge in [0.1, 0.15) is 0 Å². The summed E-state index contributed by atoms with van der Waals surface area (Å²) in [6.07, 6.45) is 4.49. The summed E-state index contributed by atoms with van der Waals surface area (Å²) in [4.78, 5) is 14.9. The highest BCUT2D eigenvalue weighted by Crippen LogP contribution is 2.28. The van der Waals surface area contributed by atoms with E-state index in [2.05, 4.69) is 19.4 Å². The molecular formula is C21H29ClN4O2S. The van der Waals surface area contributed by atoms with Gasteiger partial charge in [0.15, 0.2) is 4.77 Å². The van der Waals surface area contributed by atoms with E-state index in [1.165, 1.54) is 12.8 Å². The molecule has 1 unspecified atom stereocenters. The summed E-state index contributed by atoms with van der Waals surface area (Å²) in [5.74, 6) is 0.970. The molecule has 2 aliphatic rings. The molecule has 8 heteroatoms. The van der Waals surface area contributed by atoms with Crippen molar-refractivity contribution in [3.8, 4) is 0 Å². The number of hydrogen-bond donors (Lipinski definition) is 1. The second-order valence-corrected chi connectivity index (χ2v) is 9.04. The third-order valence-electron chi connectivity index (χ3n) is 5.98. The number of carbonyl (C=O) groups excluding carboxylic acids is 1. The van der Waals surface area contributed by atoms with Gasteiger partial charge in [0.05, 0.1) is 30.2 Å². The molecule has 1 aromatic heterocycles. The van der Waals surface area contributed by atoms with Crippen LogP contribution in [0.3, 0.4) is 0 Å². The Hall–Kier alpha value is -1.41. The van der Waals surface area contributed by atoms with Crippen LogP contribution in [0, 0.1) is 16.6 Å². The minimum Gasteiger partial charge on any atom is -0.383 e. The minimum atomic E-state index is 0.0575. The fourth-order valence-corrected chi connectivity index (χ4v) is 4.65. The first-order chi connectivity index (χ1) is 14.1. The number of nitrogens with zero attached hydrogens (tertiary/aromatic N) is 3. The normalized spacial score (nSPS) is 20.3. The van der Waals surface area contributed by atoms with Crippen LogP contribution in [0.5, 0.6) is 0 Å². The highest BCUT2D eigenvalue weighted by atomic mass is 35.5. The van der Waals surface area contributed by atoms with Gasteiger partial charge in [0.2, 0.25) is 5.91 Å². The number of methoxy groups -OCH3 is 1. The minimum absolute atomic E-state index is 0.0575. The van der Waals surface area contributed by atoms with Crippen molar-refractivity contribution in [2.75, 3.05) is 33.4 Å². The molecule has 1 saturated heterocycles. The van der Waals surface area contributed by atoms with Crippen molar-refractivity contribution in [2.45, 2.75) is 38.9 Å². The zero-order valence-corrected chi connectivity index (χ0v) is 18.5. The number of benzene rings is 1. The largest absolute Gasteiger partial charge is 0.383 e. The van der Waals surface area contributed by atoms with Gasteiger partial charge in [0, 0.05) is 31.8 Å². The van der Waals surface area contributed by atoms with Gasteiger partial charge in [-0.15, -0.1) is 0 Å². The van der Waals surface area contributed by atoms with Crippen molar-refractivity contribution in [1.29, 1.82) is 0 Å². The number of piperidine rings is 1. The number of fused-ring (bicyclic) bond motifs is 1. The van der Waals surface area contributed by atoms with Gasteiger partial charge < -0.3 is 19.2 Å². The van der Waals surface area contributed by atoms with Crippen LogP contribution in [0.2, 0.25) is 5.02 Å². The van der Waals surface area contributed by atoms with E-state index in [4.69, 9.17) is 28.6 Å². The van der Waals surface area contributed by atoms with Crippen molar-refractivity contribution < 1.29 is 9.53 Å². The van der Waals surface area contributed by atoms with Crippen LogP contribution in [-0.2, 0) is 22.7 Å². The van der Waals surface area contributed by atoms with Crippen molar-refractivity contribution in [2.24, 2.45) is 11.8 Å². The standard InChI is InChI=1S/C21H29ClN4O2S/c1-28-10-9-25-18-7-6-17(22)11-19(18)26(21(25)29)14-24-8-2-3-16(13-24)20(27)23-12-15-4-5-15/h6-7,11,15-16H,2-5,8-10,12-14H2,1H3,(H,23,27). The Morgan fingerprint density at radius 1 is 1.28 bits per heavy atom. The molecule has 2 heterocycles. The van der Waals surface area contributed by atoms with E-state index in [9.17, 15) is 4.79 Å². The average Bonchev–Trinajstić information content (AvgIpc) is 3.52. The molecule has 29 heavy (non-hydrogen) atoms. The van der Waals surface area contributed by atoms with Crippen molar-refractivity contribution in [3.05, 3.63) is 28.0 Å². The fourth-order valence-electron chi connectivity index (χ4n) is 4.14. The van der Waals surface area contributed by atoms with E-state index in [1.54, 1.807) is 7.11 Å². The van der Waals surface area contributed by atoms with Gasteiger partial charge in [-0.25, -0.2) is 0 Å². The van der Waals surface area contributed by atoms with Crippen LogP contribution in [0.15, 0.2) is 18.2 Å². The Labute approximate surface area is 181 Å². The number of likely N-dealkylation sites (tertiary alicyclic amines) is 1. The molecule has 1 aliphatic heterocycles. The lowest BCUT2D eigenvalue weighted by Gasteiger charge is -2.32. The SMILES string of the molecule is COCCn1c(=S)n(CN2CCCC(C(=O)NCC3CC3)C2)c2cc(Cl)ccc21. The van der Waals surface area contributed by atoms with Gasteiger partial charge in [-0.05, 0) is 68.6 Å². The molecule has 1 N–H and O–H groups in total. The van der Waals surface area contributed by atoms with Crippen LogP contribution in [-0.4, -0.2) is 53.3 Å². The van der Waals surface area contributed by atoms with Crippen LogP contribution in [0.1, 0.15) is 25.7 Å². The number of halogens is 1. The number of carbonyl (C=O) groups is 1. The first-order valence-corrected chi connectivity index (χ1v) is 11.2. The van der Waals surface area contributed by atoms with Gasteiger partial charge in [0.25, 0.3) is 0 Å². The Bertz CT molecular complexity index is 937. The summed E-state index contributed by atoms with van der Waals surface area (Å²) in [6.45, 7) is 4.55. The van der Waals surface area contributed by atoms with Gasteiger partial charge in [-0.1, -0.05) is 11.6 Å². The average molecular weight is 437 g/mol. The van der Waals surface area contributed by atoms with E-state index < -0.39 is 0 Å². The topological polar surface area (TPSA) is 51.4 Å². The lowest BCUT2D eigenvalue weighted by molar-refractivity contribution is -0.127. The van der Waals surface area contributed by atoms with Gasteiger partial charge >= 0.3 is 0 Å². The first-order valence-electron chi connectivity index (χ1n) is 10.4. The van der Waals surface area contributed by atoms with Gasteiger partial charge in [-0.3, -0.25) is 9.69 Å². The maximum absolute atomic E-state index is 12.6. The van der Waals surface area contributed by atoms with E-state index in [1.807, 2.05) is 18.2 Å². The molecule has 2 aromatic rings. The lowest BCUT2D eigenvalue weighted by Crippen LogP contribution is -2.44. The number of nitrogens with one attached hydrogen (secondary N) is 1. The number of ether oxygens (including phenoxy) is 1. The molecule has 0 bridgehead atoms. The third kappa shape index (κ3) is 4.85. The number of imidazole rings is 1. The van der Waals surface area contributed by atoms with E-state index in [0.717, 1.165) is 48.3 Å². The van der Waals surface area contributed by atoms with Crippen LogP contribution in [0.4, 0.5) is 0 Å². The Morgan fingerprint density at radius 2 is 2.10 bits per heavy atom. The maximum Gasteiger partial charge on any atom is 0.224 e. The van der Waals surface area contributed by atoms with Crippen LogP contribution in [0.25, 0.3) is 11.0 Å². The highest BCUT2D eigenvalue weighted by molar-refractivity contribution is 7.71. The molecule has 4 rings (SSSR count). The second kappa shape index (κ2) is 9.16. The number of aromatic nitrogens is 2. The number of amides is 1. The Morgan fingerprint density at radius 3 is 2.86 bits per heavy atom. The van der Waals surface area contributed by atoms with Crippen molar-refractivity contribution in [1.82, 2.24) is 19.4 Å². The molecule has 2 fully saturated rings. The molecule has 1 saturated carbocycles. The maximum atomic E-state index is 12.6. The highest BCUT2D eigenvalue weighted by Gasteiger charge is 2.28. The molecule has 1 atom stereocenters. The zero-order chi connectivity index (χ0) is 20.4. The molecular weight excluding hydrogens is 408 g/mol. The smallest absolute Gasteiger partial charge is 0.224 e. The predicted octanol–water partition coefficient (Wildman–Crippen LogP) is 3.67. The first kappa shape index (κ1) is 20.8. The number of hydrogen-bond acceptors (Lipinski definition) is 4. The Kier molecular flexibility index (Phi) is 6.59. The summed E-state index contributed by atoms with van der Waals surface area (Å²) >= 11 is 12.1. The van der Waals surface area contributed by atoms with E-state index in [-0.39, 0.29) is 11.8 Å². The molecule has 158 valence electrons. The zero-order valence-electron chi connectivity index (χ0n) is 16.9. The fraction of sp³-hybridized carbons (Fsp3) is 0.619. The summed E-state index contributed by atoms with van der Waals surface area (Å²) < 4.78 is 10.3. The second-order valence-electron chi connectivity index (χ2n) is 8.23. The van der Waals surface area contributed by atoms with Crippen molar-refractivity contribution >= 4 is 40.8 Å². The van der Waals surface area contributed by atoms with Crippen LogP contribution < -0.4 is 5.32 Å². The Balaban J connectivity index is 1.51.